The molecule has 0 saturated carbocycles. The largest absolute Gasteiger partial charge is 1.00 e. The molecule has 0 fully saturated rings. The van der Waals surface area contributed by atoms with E-state index in [1.807, 2.05) is 0 Å². The van der Waals surface area contributed by atoms with E-state index < -0.39 is 0 Å². The molecule has 0 heterocycles. The molecule has 4 heteroatoms. The van der Waals surface area contributed by atoms with Gasteiger partial charge in [0.2, 0.25) is 0 Å². The molecule has 0 rings (SSSR count). The quantitative estimate of drug-likeness (QED) is 0.251. The Morgan fingerprint density at radius 3 is 1.25 bits per heavy atom. The van der Waals surface area contributed by atoms with Gasteiger partial charge in [-0.25, -0.2) is 0 Å². The van der Waals surface area contributed by atoms with Crippen LogP contribution < -0.4 is 37.7 Å². The average Bonchev–Trinajstić information content (AvgIpc) is 1.61. The summed E-state index contributed by atoms with van der Waals surface area (Å²) >= 11 is 0. The summed E-state index contributed by atoms with van der Waals surface area (Å²) in [6.07, 6.45) is 0. The van der Waals surface area contributed by atoms with E-state index in [0.717, 1.165) is 13.1 Å². The number of hydrogen-bond acceptors (Lipinski definition) is 0. The Morgan fingerprint density at radius 2 is 1.12 bits per heavy atom. The van der Waals surface area contributed by atoms with Gasteiger partial charge in [-0.1, -0.05) is 0 Å². The van der Waals surface area contributed by atoms with E-state index in [2.05, 4.69) is 10.6 Å². The molecule has 0 atom stereocenters. The standard InChI is InChI=1S/C4H10N2.2Li/c1-5-3-4-6-2;;/h3-4H2,1-2H3;;/q-2;2*+1. The minimum absolute atomic E-state index is 0. The molecule has 0 amide bonds. The number of likely N-dealkylation sites (N-methyl/N-ethyl adjacent to an activating group) is 2. The molecule has 8 heavy (non-hydrogen) atoms. The molecule has 0 aliphatic carbocycles. The first kappa shape index (κ1) is 16.1. The second kappa shape index (κ2) is 15.7. The molecule has 0 aromatic heterocycles. The van der Waals surface area contributed by atoms with Crippen molar-refractivity contribution in [3.05, 3.63) is 10.6 Å². The van der Waals surface area contributed by atoms with E-state index in [1.165, 1.54) is 0 Å². The van der Waals surface area contributed by atoms with E-state index in [9.17, 15) is 0 Å². The Hall–Kier alpha value is 1.11. The van der Waals surface area contributed by atoms with Crippen LogP contribution in [0.25, 0.3) is 10.6 Å². The first-order valence-corrected chi connectivity index (χ1v) is 2.03. The van der Waals surface area contributed by atoms with Crippen LogP contribution in [0, 0.1) is 0 Å². The van der Waals surface area contributed by atoms with Crippen LogP contribution in [0.4, 0.5) is 0 Å². The summed E-state index contributed by atoms with van der Waals surface area (Å²) in [5.41, 5.74) is 0. The maximum Gasteiger partial charge on any atom is 1.00 e. The molecule has 0 aliphatic heterocycles. The van der Waals surface area contributed by atoms with Crippen LogP contribution in [0.3, 0.4) is 0 Å². The summed E-state index contributed by atoms with van der Waals surface area (Å²) in [6.45, 7) is 1.74. The molecule has 38 valence electrons. The fourth-order valence-corrected chi connectivity index (χ4v) is 0.200. The fourth-order valence-electron chi connectivity index (χ4n) is 0.200. The Balaban J connectivity index is -0.000000125. The molecular formula is C4H10Li2N2. The molecule has 0 unspecified atom stereocenters. The molecule has 0 aromatic carbocycles. The third kappa shape index (κ3) is 15.7. The van der Waals surface area contributed by atoms with Crippen molar-refractivity contribution in [2.75, 3.05) is 27.2 Å². The van der Waals surface area contributed by atoms with Crippen molar-refractivity contribution >= 4 is 0 Å². The van der Waals surface area contributed by atoms with Crippen molar-refractivity contribution in [1.82, 2.24) is 0 Å². The Kier molecular flexibility index (Phi) is 31.5. The second-order valence-electron chi connectivity index (χ2n) is 1.08. The molecule has 0 saturated heterocycles. The molecule has 0 bridgehead atoms. The summed E-state index contributed by atoms with van der Waals surface area (Å²) in [6, 6.07) is 0. The number of nitrogens with zero attached hydrogens (tertiary/aromatic N) is 2. The fraction of sp³-hybridized carbons (Fsp3) is 1.00. The van der Waals surface area contributed by atoms with Crippen molar-refractivity contribution < 1.29 is 37.7 Å². The van der Waals surface area contributed by atoms with E-state index in [0.29, 0.717) is 0 Å². The van der Waals surface area contributed by atoms with E-state index in [-0.39, 0.29) is 37.7 Å². The topological polar surface area (TPSA) is 28.2 Å². The van der Waals surface area contributed by atoms with Crippen LogP contribution in [-0.2, 0) is 0 Å². The van der Waals surface area contributed by atoms with Gasteiger partial charge in [0, 0.05) is 0 Å². The van der Waals surface area contributed by atoms with Crippen molar-refractivity contribution in [3.8, 4) is 0 Å². The maximum atomic E-state index is 3.83. The van der Waals surface area contributed by atoms with Gasteiger partial charge in [0.15, 0.2) is 0 Å². The van der Waals surface area contributed by atoms with Gasteiger partial charge >= 0.3 is 37.7 Å². The van der Waals surface area contributed by atoms with Crippen molar-refractivity contribution in [2.45, 2.75) is 0 Å². The zero-order valence-corrected chi connectivity index (χ0v) is 6.31. The third-order valence-electron chi connectivity index (χ3n) is 0.547. The molecule has 0 aliphatic rings. The van der Waals surface area contributed by atoms with Crippen molar-refractivity contribution in [3.63, 3.8) is 0 Å². The van der Waals surface area contributed by atoms with Crippen molar-refractivity contribution in [1.29, 1.82) is 0 Å². The predicted octanol–water partition coefficient (Wildman–Crippen LogP) is -5.00. The van der Waals surface area contributed by atoms with Crippen LogP contribution in [0.2, 0.25) is 0 Å². The van der Waals surface area contributed by atoms with Gasteiger partial charge in [-0.15, -0.1) is 0 Å². The van der Waals surface area contributed by atoms with Gasteiger partial charge in [0.05, 0.1) is 0 Å². The van der Waals surface area contributed by atoms with Crippen LogP contribution in [0.5, 0.6) is 0 Å². The molecule has 2 nitrogen and oxygen atoms in total. The Morgan fingerprint density at radius 1 is 0.875 bits per heavy atom. The van der Waals surface area contributed by atoms with Crippen molar-refractivity contribution in [2.24, 2.45) is 0 Å². The van der Waals surface area contributed by atoms with Crippen LogP contribution >= 0.6 is 0 Å². The number of hydrogen-bond donors (Lipinski definition) is 0. The van der Waals surface area contributed by atoms with Gasteiger partial charge in [0.1, 0.15) is 0 Å². The first-order valence-electron chi connectivity index (χ1n) is 2.03. The summed E-state index contributed by atoms with van der Waals surface area (Å²) in [4.78, 5) is 0. The van der Waals surface area contributed by atoms with Crippen LogP contribution in [-0.4, -0.2) is 27.2 Å². The van der Waals surface area contributed by atoms with E-state index in [1.54, 1.807) is 14.1 Å². The zero-order chi connectivity index (χ0) is 4.83. The van der Waals surface area contributed by atoms with Crippen LogP contribution in [0.1, 0.15) is 0 Å². The summed E-state index contributed by atoms with van der Waals surface area (Å²) < 4.78 is 0. The van der Waals surface area contributed by atoms with Gasteiger partial charge in [-0.05, 0) is 0 Å². The monoisotopic (exact) mass is 100 g/mol. The van der Waals surface area contributed by atoms with E-state index >= 15 is 0 Å². The Bertz CT molecular complexity index is 24.0. The van der Waals surface area contributed by atoms with Crippen LogP contribution in [0.15, 0.2) is 0 Å². The van der Waals surface area contributed by atoms with Gasteiger partial charge < -0.3 is 10.6 Å². The number of rotatable bonds is 3. The average molecular weight is 100 g/mol. The minimum Gasteiger partial charge on any atom is -0.666 e. The molecule has 0 aromatic rings. The normalized spacial score (nSPS) is 6.75. The molecule has 0 N–H and O–H groups in total. The maximum absolute atomic E-state index is 3.83. The Labute approximate surface area is 75.5 Å². The summed E-state index contributed by atoms with van der Waals surface area (Å²) in [5, 5.41) is 7.66. The smallest absolute Gasteiger partial charge is 0.666 e. The SMILES string of the molecule is C[N-]CC[N-]C.[Li+].[Li+]. The first-order chi connectivity index (χ1) is 2.91. The second-order valence-corrected chi connectivity index (χ2v) is 1.08. The molecule has 0 radical (unpaired) electrons. The predicted molar refractivity (Wildman–Crippen MR) is 28.3 cm³/mol. The van der Waals surface area contributed by atoms with Gasteiger partial charge in [0.25, 0.3) is 0 Å². The molecular weight excluding hydrogens is 89.9 g/mol. The minimum atomic E-state index is 0. The summed E-state index contributed by atoms with van der Waals surface area (Å²) in [7, 11) is 3.59. The zero-order valence-electron chi connectivity index (χ0n) is 6.31. The third-order valence-corrected chi connectivity index (χ3v) is 0.547. The summed E-state index contributed by atoms with van der Waals surface area (Å²) in [5.74, 6) is 0. The molecule has 0 spiro atoms. The van der Waals surface area contributed by atoms with E-state index in [4.69, 9.17) is 0 Å². The van der Waals surface area contributed by atoms with Gasteiger partial charge in [-0.3, -0.25) is 0 Å². The van der Waals surface area contributed by atoms with Gasteiger partial charge in [-0.2, -0.15) is 27.2 Å².